The van der Waals surface area contributed by atoms with Crippen molar-refractivity contribution >= 4 is 28.4 Å². The standard InChI is InChI=1S/C23H23N3O3S/c1-14-20(22(27)26-17-10-6-8-12-19(17)29-3)21(16(13-24)23(25-14)30-4)15-9-5-7-11-18(15)28-2/h5-12,16,21H,1-4H3,(H,26,27). The van der Waals surface area contributed by atoms with E-state index in [0.29, 0.717) is 33.5 Å². The van der Waals surface area contributed by atoms with Crippen LogP contribution in [0.5, 0.6) is 11.5 Å². The molecule has 0 saturated heterocycles. The molecule has 1 aliphatic rings. The van der Waals surface area contributed by atoms with Gasteiger partial charge < -0.3 is 14.8 Å². The fourth-order valence-electron chi connectivity index (χ4n) is 3.63. The zero-order chi connectivity index (χ0) is 21.7. The van der Waals surface area contributed by atoms with E-state index < -0.39 is 11.8 Å². The van der Waals surface area contributed by atoms with Gasteiger partial charge in [-0.2, -0.15) is 5.26 Å². The molecule has 2 atom stereocenters. The number of hydrogen-bond acceptors (Lipinski definition) is 6. The fraction of sp³-hybridized carbons (Fsp3) is 0.261. The average molecular weight is 422 g/mol. The van der Waals surface area contributed by atoms with Crippen molar-refractivity contribution in [3.63, 3.8) is 0 Å². The number of aliphatic imine (C=N–C) groups is 1. The maximum atomic E-state index is 13.4. The number of benzene rings is 2. The Morgan fingerprint density at radius 3 is 2.37 bits per heavy atom. The Morgan fingerprint density at radius 2 is 1.73 bits per heavy atom. The summed E-state index contributed by atoms with van der Waals surface area (Å²) in [5.74, 6) is -0.254. The predicted octanol–water partition coefficient (Wildman–Crippen LogP) is 4.61. The summed E-state index contributed by atoms with van der Waals surface area (Å²) in [6, 6.07) is 17.0. The summed E-state index contributed by atoms with van der Waals surface area (Å²) in [6.45, 7) is 1.80. The lowest BCUT2D eigenvalue weighted by Gasteiger charge is -2.30. The second-order valence-corrected chi connectivity index (χ2v) is 7.46. The van der Waals surface area contributed by atoms with Crippen LogP contribution in [0.2, 0.25) is 0 Å². The molecule has 1 N–H and O–H groups in total. The minimum atomic E-state index is -0.599. The number of ether oxygens (including phenoxy) is 2. The SMILES string of the molecule is COc1ccccc1NC(=O)C1=C(C)N=C(SC)C(C#N)C1c1ccccc1OC. The minimum Gasteiger partial charge on any atom is -0.496 e. The molecule has 2 aromatic carbocycles. The molecule has 6 nitrogen and oxygen atoms in total. The maximum absolute atomic E-state index is 13.4. The van der Waals surface area contributed by atoms with Crippen LogP contribution in [0.1, 0.15) is 18.4 Å². The van der Waals surface area contributed by atoms with E-state index in [1.54, 1.807) is 33.3 Å². The van der Waals surface area contributed by atoms with Crippen molar-refractivity contribution in [1.29, 1.82) is 5.26 Å². The van der Waals surface area contributed by atoms with Crippen LogP contribution in [0.25, 0.3) is 0 Å². The van der Waals surface area contributed by atoms with Gasteiger partial charge in [0.25, 0.3) is 5.91 Å². The zero-order valence-corrected chi connectivity index (χ0v) is 18.1. The molecule has 1 amide bonds. The minimum absolute atomic E-state index is 0.322. The van der Waals surface area contributed by atoms with E-state index in [0.717, 1.165) is 5.56 Å². The number of thioether (sulfide) groups is 1. The Hall–Kier alpha value is -3.24. The summed E-state index contributed by atoms with van der Waals surface area (Å²) >= 11 is 1.42. The van der Waals surface area contributed by atoms with Crippen LogP contribution in [-0.4, -0.2) is 31.4 Å². The lowest BCUT2D eigenvalue weighted by molar-refractivity contribution is -0.113. The van der Waals surface area contributed by atoms with E-state index in [1.807, 2.05) is 42.7 Å². The number of carbonyl (C=O) groups is 1. The molecule has 0 aliphatic carbocycles. The Labute approximate surface area is 180 Å². The van der Waals surface area contributed by atoms with Gasteiger partial charge in [0, 0.05) is 22.8 Å². The Bertz CT molecular complexity index is 1060. The third kappa shape index (κ3) is 4.05. The van der Waals surface area contributed by atoms with Gasteiger partial charge in [-0.1, -0.05) is 30.3 Å². The summed E-state index contributed by atoms with van der Waals surface area (Å²) in [5, 5.41) is 13.6. The van der Waals surface area contributed by atoms with Gasteiger partial charge in [-0.25, -0.2) is 4.99 Å². The molecule has 0 fully saturated rings. The molecular formula is C23H23N3O3S. The molecule has 2 aromatic rings. The van der Waals surface area contributed by atoms with Crippen LogP contribution in [-0.2, 0) is 4.79 Å². The normalized spacial score (nSPS) is 18.3. The lowest BCUT2D eigenvalue weighted by Crippen LogP contribution is -2.31. The predicted molar refractivity (Wildman–Crippen MR) is 120 cm³/mol. The van der Waals surface area contributed by atoms with Crippen LogP contribution >= 0.6 is 11.8 Å². The molecule has 0 aromatic heterocycles. The lowest BCUT2D eigenvalue weighted by atomic mass is 9.78. The summed E-state index contributed by atoms with van der Waals surface area (Å²) < 4.78 is 10.9. The highest BCUT2D eigenvalue weighted by molar-refractivity contribution is 8.13. The van der Waals surface area contributed by atoms with Crippen LogP contribution < -0.4 is 14.8 Å². The van der Waals surface area contributed by atoms with Crippen molar-refractivity contribution in [3.05, 3.63) is 65.4 Å². The van der Waals surface area contributed by atoms with Gasteiger partial charge in [-0.3, -0.25) is 4.79 Å². The largest absolute Gasteiger partial charge is 0.496 e. The number of methoxy groups -OCH3 is 2. The summed E-state index contributed by atoms with van der Waals surface area (Å²) in [5.41, 5.74) is 2.35. The Kier molecular flexibility index (Phi) is 6.80. The van der Waals surface area contributed by atoms with E-state index in [4.69, 9.17) is 9.47 Å². The monoisotopic (exact) mass is 421 g/mol. The topological polar surface area (TPSA) is 83.7 Å². The summed E-state index contributed by atoms with van der Waals surface area (Å²) in [6.07, 6.45) is 1.88. The molecule has 0 spiro atoms. The third-order valence-electron chi connectivity index (χ3n) is 5.00. The van der Waals surface area contributed by atoms with Crippen molar-refractivity contribution < 1.29 is 14.3 Å². The third-order valence-corrected chi connectivity index (χ3v) is 5.76. The number of nitriles is 1. The average Bonchev–Trinajstić information content (AvgIpc) is 2.78. The molecule has 0 saturated carbocycles. The second-order valence-electron chi connectivity index (χ2n) is 6.63. The Balaban J connectivity index is 2.13. The first kappa shape index (κ1) is 21.5. The van der Waals surface area contributed by atoms with E-state index in [9.17, 15) is 10.1 Å². The van der Waals surface area contributed by atoms with Crippen LogP contribution in [0.3, 0.4) is 0 Å². The van der Waals surface area contributed by atoms with Gasteiger partial charge >= 0.3 is 0 Å². The maximum Gasteiger partial charge on any atom is 0.254 e. The summed E-state index contributed by atoms with van der Waals surface area (Å²) in [7, 11) is 3.13. The van der Waals surface area contributed by atoms with Crippen molar-refractivity contribution in [2.45, 2.75) is 12.8 Å². The molecule has 30 heavy (non-hydrogen) atoms. The quantitative estimate of drug-likeness (QED) is 0.762. The van der Waals surface area contributed by atoms with E-state index in [-0.39, 0.29) is 5.91 Å². The van der Waals surface area contributed by atoms with Crippen molar-refractivity contribution in [3.8, 4) is 17.6 Å². The molecule has 0 radical (unpaired) electrons. The highest BCUT2D eigenvalue weighted by Gasteiger charge is 2.39. The molecular weight excluding hydrogens is 398 g/mol. The number of para-hydroxylation sites is 3. The van der Waals surface area contributed by atoms with Gasteiger partial charge in [-0.15, -0.1) is 11.8 Å². The first-order valence-electron chi connectivity index (χ1n) is 9.35. The van der Waals surface area contributed by atoms with Crippen molar-refractivity contribution in [2.75, 3.05) is 25.8 Å². The molecule has 0 bridgehead atoms. The van der Waals surface area contributed by atoms with Crippen molar-refractivity contribution in [2.24, 2.45) is 10.9 Å². The number of nitrogens with zero attached hydrogens (tertiary/aromatic N) is 2. The number of allylic oxidation sites excluding steroid dienone is 1. The van der Waals surface area contributed by atoms with Crippen LogP contribution in [0, 0.1) is 17.2 Å². The number of rotatable bonds is 5. The van der Waals surface area contributed by atoms with Crippen molar-refractivity contribution in [1.82, 2.24) is 0 Å². The van der Waals surface area contributed by atoms with Crippen LogP contribution in [0.4, 0.5) is 5.69 Å². The molecule has 2 unspecified atom stereocenters. The summed E-state index contributed by atoms with van der Waals surface area (Å²) in [4.78, 5) is 18.0. The highest BCUT2D eigenvalue weighted by atomic mass is 32.2. The van der Waals surface area contributed by atoms with E-state index >= 15 is 0 Å². The van der Waals surface area contributed by atoms with E-state index in [1.165, 1.54) is 11.8 Å². The van der Waals surface area contributed by atoms with Gasteiger partial charge in [0.1, 0.15) is 17.4 Å². The molecule has 1 aliphatic heterocycles. The van der Waals surface area contributed by atoms with Crippen LogP contribution in [0.15, 0.2) is 64.8 Å². The number of amides is 1. The highest BCUT2D eigenvalue weighted by Crippen LogP contribution is 2.44. The number of anilines is 1. The number of nitrogens with one attached hydrogen (secondary N) is 1. The fourth-order valence-corrected chi connectivity index (χ4v) is 4.30. The number of hydrogen-bond donors (Lipinski definition) is 1. The smallest absolute Gasteiger partial charge is 0.254 e. The first-order chi connectivity index (χ1) is 14.5. The second kappa shape index (κ2) is 9.51. The Morgan fingerprint density at radius 1 is 1.10 bits per heavy atom. The zero-order valence-electron chi connectivity index (χ0n) is 17.3. The first-order valence-corrected chi connectivity index (χ1v) is 10.6. The van der Waals surface area contributed by atoms with Gasteiger partial charge in [0.05, 0.1) is 31.0 Å². The molecule has 7 heteroatoms. The van der Waals surface area contributed by atoms with Gasteiger partial charge in [0.2, 0.25) is 0 Å². The molecule has 1 heterocycles. The van der Waals surface area contributed by atoms with Gasteiger partial charge in [-0.05, 0) is 31.4 Å². The molecule has 3 rings (SSSR count). The number of carbonyl (C=O) groups excluding carboxylic acids is 1. The molecule has 154 valence electrons. The van der Waals surface area contributed by atoms with E-state index in [2.05, 4.69) is 16.4 Å². The van der Waals surface area contributed by atoms with Gasteiger partial charge in [0.15, 0.2) is 0 Å².